The molecule has 4 rings (SSSR count). The molecule has 2 fully saturated rings. The number of nitrogens with zero attached hydrogens (tertiary/aromatic N) is 1. The van der Waals surface area contributed by atoms with E-state index >= 15 is 0 Å². The molecule has 18 heavy (non-hydrogen) atoms. The monoisotopic (exact) mass is 305 g/mol. The Morgan fingerprint density at radius 1 is 1.44 bits per heavy atom. The second-order valence-corrected chi connectivity index (χ2v) is 6.12. The predicted molar refractivity (Wildman–Crippen MR) is 74.6 cm³/mol. The van der Waals surface area contributed by atoms with Gasteiger partial charge >= 0.3 is 0 Å². The lowest BCUT2D eigenvalue weighted by Crippen LogP contribution is -2.38. The highest BCUT2D eigenvalue weighted by Crippen LogP contribution is 2.51. The minimum absolute atomic E-state index is 0.449. The predicted octanol–water partition coefficient (Wildman–Crippen LogP) is 2.92. The average molecular weight is 306 g/mol. The Morgan fingerprint density at radius 2 is 2.33 bits per heavy atom. The van der Waals surface area contributed by atoms with Gasteiger partial charge in [-0.15, -0.1) is 0 Å². The van der Waals surface area contributed by atoms with Gasteiger partial charge in [-0.25, -0.2) is 0 Å². The first kappa shape index (κ1) is 10.9. The zero-order valence-electron chi connectivity index (χ0n) is 9.90. The molecule has 0 amide bonds. The van der Waals surface area contributed by atoms with Crippen molar-refractivity contribution in [3.05, 3.63) is 28.9 Å². The third-order valence-electron chi connectivity index (χ3n) is 4.21. The second kappa shape index (κ2) is 3.75. The number of nitrogens with two attached hydrogens (primary N) is 1. The van der Waals surface area contributed by atoms with Crippen LogP contribution in [-0.4, -0.2) is 18.6 Å². The van der Waals surface area contributed by atoms with E-state index in [1.165, 1.54) is 12.8 Å². The van der Waals surface area contributed by atoms with Crippen LogP contribution in [-0.2, 0) is 0 Å². The van der Waals surface area contributed by atoms with Crippen molar-refractivity contribution in [1.82, 2.24) is 0 Å². The Balaban J connectivity index is 1.85. The number of hydrogen-bond acceptors (Lipinski definition) is 3. The molecular formula is C14H14BrN2O. The largest absolute Gasteiger partial charge is 0.449 e. The van der Waals surface area contributed by atoms with Crippen molar-refractivity contribution in [2.75, 3.05) is 11.4 Å². The highest BCUT2D eigenvalue weighted by Gasteiger charge is 2.52. The van der Waals surface area contributed by atoms with Crippen LogP contribution in [0, 0.1) is 12.2 Å². The van der Waals surface area contributed by atoms with Crippen molar-refractivity contribution in [3.63, 3.8) is 0 Å². The van der Waals surface area contributed by atoms with Crippen molar-refractivity contribution in [3.8, 4) is 0 Å². The van der Waals surface area contributed by atoms with Gasteiger partial charge in [-0.2, -0.15) is 0 Å². The van der Waals surface area contributed by atoms with E-state index in [0.717, 1.165) is 27.0 Å². The molecule has 2 aromatic rings. The molecule has 1 saturated carbocycles. The van der Waals surface area contributed by atoms with Crippen LogP contribution in [0.4, 0.5) is 5.69 Å². The summed E-state index contributed by atoms with van der Waals surface area (Å²) in [6.45, 7) is 0.710. The second-order valence-electron chi connectivity index (χ2n) is 5.26. The summed E-state index contributed by atoms with van der Waals surface area (Å²) < 4.78 is 6.58. The van der Waals surface area contributed by atoms with E-state index in [4.69, 9.17) is 10.2 Å². The van der Waals surface area contributed by atoms with Gasteiger partial charge in [0.05, 0.1) is 10.2 Å². The first-order valence-electron chi connectivity index (χ1n) is 6.36. The summed E-state index contributed by atoms with van der Waals surface area (Å²) in [6.07, 6.45) is 5.60. The van der Waals surface area contributed by atoms with Crippen molar-refractivity contribution >= 4 is 32.6 Å². The molecule has 2 N–H and O–H groups in total. The lowest BCUT2D eigenvalue weighted by atomic mass is 10.1. The molecule has 3 atom stereocenters. The number of piperidine rings is 1. The van der Waals surface area contributed by atoms with Crippen molar-refractivity contribution in [2.45, 2.75) is 24.9 Å². The third kappa shape index (κ3) is 1.39. The van der Waals surface area contributed by atoms with Gasteiger partial charge in [-0.1, -0.05) is 6.07 Å². The van der Waals surface area contributed by atoms with E-state index < -0.39 is 0 Å². The highest BCUT2D eigenvalue weighted by atomic mass is 79.9. The maximum Gasteiger partial charge on any atom is 0.196 e. The summed E-state index contributed by atoms with van der Waals surface area (Å²) in [5.41, 5.74) is 7.86. The minimum atomic E-state index is 0.449. The Morgan fingerprint density at radius 3 is 3.17 bits per heavy atom. The molecule has 1 aliphatic heterocycles. The van der Waals surface area contributed by atoms with Gasteiger partial charge in [0.2, 0.25) is 0 Å². The molecular weight excluding hydrogens is 292 g/mol. The molecule has 0 spiro atoms. The van der Waals surface area contributed by atoms with Crippen molar-refractivity contribution in [2.24, 2.45) is 11.7 Å². The summed E-state index contributed by atoms with van der Waals surface area (Å²) in [7, 11) is 0. The number of fused-ring (bicyclic) bond motifs is 2. The van der Waals surface area contributed by atoms with E-state index in [1.54, 1.807) is 0 Å². The number of rotatable bonds is 2. The highest BCUT2D eigenvalue weighted by molar-refractivity contribution is 9.10. The quantitative estimate of drug-likeness (QED) is 0.927. The summed E-state index contributed by atoms with van der Waals surface area (Å²) in [6, 6.07) is 7.24. The van der Waals surface area contributed by atoms with Gasteiger partial charge in [0.15, 0.2) is 11.8 Å². The molecule has 93 valence electrons. The van der Waals surface area contributed by atoms with Crippen LogP contribution < -0.4 is 10.6 Å². The molecule has 0 bridgehead atoms. The molecule has 2 aliphatic rings. The zero-order valence-corrected chi connectivity index (χ0v) is 11.5. The lowest BCUT2D eigenvalue weighted by molar-refractivity contribution is 0.583. The lowest BCUT2D eigenvalue weighted by Gasteiger charge is -2.27. The summed E-state index contributed by atoms with van der Waals surface area (Å²) >= 11 is 3.52. The number of anilines is 1. The summed E-state index contributed by atoms with van der Waals surface area (Å²) in [4.78, 5) is 2.43. The molecule has 3 nitrogen and oxygen atoms in total. The van der Waals surface area contributed by atoms with Crippen molar-refractivity contribution < 1.29 is 4.42 Å². The molecule has 2 heterocycles. The van der Waals surface area contributed by atoms with Crippen LogP contribution in [0.25, 0.3) is 11.0 Å². The van der Waals surface area contributed by atoms with Gasteiger partial charge in [0, 0.05) is 24.0 Å². The number of halogens is 1. The number of benzene rings is 1. The molecule has 1 radical (unpaired) electrons. The van der Waals surface area contributed by atoms with Gasteiger partial charge in [-0.3, -0.25) is 0 Å². The fourth-order valence-corrected chi connectivity index (χ4v) is 3.71. The Hall–Kier alpha value is -1.00. The third-order valence-corrected chi connectivity index (χ3v) is 4.84. The van der Waals surface area contributed by atoms with Crippen LogP contribution in [0.2, 0.25) is 0 Å². The van der Waals surface area contributed by atoms with Gasteiger partial charge in [0.1, 0.15) is 0 Å². The first-order valence-corrected chi connectivity index (χ1v) is 7.16. The van der Waals surface area contributed by atoms with Crippen LogP contribution in [0.3, 0.4) is 0 Å². The molecule has 1 aromatic heterocycles. The van der Waals surface area contributed by atoms with E-state index in [9.17, 15) is 0 Å². The summed E-state index contributed by atoms with van der Waals surface area (Å²) in [5, 5.41) is 1.13. The molecule has 3 unspecified atom stereocenters. The van der Waals surface area contributed by atoms with Gasteiger partial charge in [-0.05, 0) is 46.8 Å². The Bertz CT molecular complexity index is 609. The fraction of sp³-hybridized carbons (Fsp3) is 0.429. The minimum Gasteiger partial charge on any atom is -0.449 e. The number of furan rings is 1. The van der Waals surface area contributed by atoms with Crippen LogP contribution in [0.5, 0.6) is 0 Å². The average Bonchev–Trinajstić information content (AvgIpc) is 2.85. The van der Waals surface area contributed by atoms with E-state index in [2.05, 4.69) is 33.2 Å². The van der Waals surface area contributed by atoms with Crippen LogP contribution >= 0.6 is 15.9 Å². The van der Waals surface area contributed by atoms with Crippen molar-refractivity contribution in [1.29, 1.82) is 0 Å². The zero-order chi connectivity index (χ0) is 12.3. The SMILES string of the molecule is NCC1CC2CC2N1c1[c]oc2c(Br)cccc12. The molecule has 1 saturated heterocycles. The Kier molecular flexibility index (Phi) is 2.26. The summed E-state index contributed by atoms with van der Waals surface area (Å²) in [5.74, 6) is 0.837. The molecule has 1 aliphatic carbocycles. The van der Waals surface area contributed by atoms with E-state index in [1.807, 2.05) is 12.1 Å². The van der Waals surface area contributed by atoms with Gasteiger partial charge < -0.3 is 15.1 Å². The maximum absolute atomic E-state index is 5.89. The normalized spacial score (nSPS) is 29.9. The fourth-order valence-electron chi connectivity index (χ4n) is 3.26. The van der Waals surface area contributed by atoms with Crippen LogP contribution in [0.15, 0.2) is 27.1 Å². The smallest absolute Gasteiger partial charge is 0.196 e. The standard InChI is InChI=1S/C14H14BrN2O/c15-11-3-1-2-10-13(7-18-14(10)11)17-9(6-16)4-8-5-12(8)17/h1-3,8-9,12H,4-6,16H2. The van der Waals surface area contributed by atoms with Crippen LogP contribution in [0.1, 0.15) is 12.8 Å². The maximum atomic E-state index is 5.89. The molecule has 1 aromatic carbocycles. The first-order chi connectivity index (χ1) is 8.79. The van der Waals surface area contributed by atoms with Gasteiger partial charge in [0.25, 0.3) is 0 Å². The van der Waals surface area contributed by atoms with E-state index in [0.29, 0.717) is 18.6 Å². The topological polar surface area (TPSA) is 42.4 Å². The molecule has 4 heteroatoms. The Labute approximate surface area is 114 Å². The number of hydrogen-bond donors (Lipinski definition) is 1. The van der Waals surface area contributed by atoms with E-state index in [-0.39, 0.29) is 0 Å². The number of para-hydroxylation sites is 1.